The summed E-state index contributed by atoms with van der Waals surface area (Å²) in [6.45, 7) is 0.310. The van der Waals surface area contributed by atoms with Gasteiger partial charge in [0.2, 0.25) is 11.9 Å². The number of anilines is 2. The molecule has 2 aromatic rings. The lowest BCUT2D eigenvalue weighted by molar-refractivity contribution is 0.311. The normalized spacial score (nSPS) is 10.3. The molecule has 2 heterocycles. The van der Waals surface area contributed by atoms with Crippen molar-refractivity contribution in [2.24, 2.45) is 0 Å². The summed E-state index contributed by atoms with van der Waals surface area (Å²) in [4.78, 5) is 15.6. The molecule has 0 radical (unpaired) electrons. The second kappa shape index (κ2) is 4.49. The first-order valence-corrected chi connectivity index (χ1v) is 4.51. The number of rotatable bonds is 4. The number of nitrogens with zero attached hydrogens (tertiary/aromatic N) is 6. The molecule has 0 saturated heterocycles. The lowest BCUT2D eigenvalue weighted by Gasteiger charge is -2.05. The van der Waals surface area contributed by atoms with Gasteiger partial charge in [-0.25, -0.2) is 4.98 Å². The first kappa shape index (κ1) is 10.2. The van der Waals surface area contributed by atoms with Gasteiger partial charge in [-0.05, 0) is 0 Å². The van der Waals surface area contributed by atoms with Crippen molar-refractivity contribution < 1.29 is 5.11 Å². The first-order valence-electron chi connectivity index (χ1n) is 4.51. The summed E-state index contributed by atoms with van der Waals surface area (Å²) in [5.41, 5.74) is 5.51. The maximum Gasteiger partial charge on any atom is 0.258 e. The van der Waals surface area contributed by atoms with Crippen LogP contribution in [0.15, 0.2) is 12.7 Å². The number of nitrogens with one attached hydrogen (secondary N) is 1. The highest BCUT2D eigenvalue weighted by atomic mass is 16.3. The summed E-state index contributed by atoms with van der Waals surface area (Å²) < 4.78 is 1.36. The van der Waals surface area contributed by atoms with Gasteiger partial charge < -0.3 is 16.2 Å². The zero-order chi connectivity index (χ0) is 11.4. The van der Waals surface area contributed by atoms with Crippen LogP contribution in [-0.4, -0.2) is 48.0 Å². The van der Waals surface area contributed by atoms with E-state index in [2.05, 4.69) is 30.4 Å². The van der Waals surface area contributed by atoms with Gasteiger partial charge in [0.15, 0.2) is 0 Å². The van der Waals surface area contributed by atoms with Crippen molar-refractivity contribution in [3.8, 4) is 5.95 Å². The highest BCUT2D eigenvalue weighted by Gasteiger charge is 2.05. The Morgan fingerprint density at radius 2 is 2.25 bits per heavy atom. The van der Waals surface area contributed by atoms with Gasteiger partial charge in [-0.1, -0.05) is 0 Å². The predicted molar refractivity (Wildman–Crippen MR) is 54.7 cm³/mol. The van der Waals surface area contributed by atoms with E-state index in [1.807, 2.05) is 0 Å². The molecular weight excluding hydrogens is 212 g/mol. The molecular formula is C7H10N8O. The van der Waals surface area contributed by atoms with E-state index in [0.29, 0.717) is 6.54 Å². The maximum absolute atomic E-state index is 8.66. The summed E-state index contributed by atoms with van der Waals surface area (Å²) >= 11 is 0. The molecule has 84 valence electrons. The maximum atomic E-state index is 8.66. The number of hydrogen-bond donors (Lipinski definition) is 3. The molecule has 9 nitrogen and oxygen atoms in total. The molecule has 2 aromatic heterocycles. The standard InChI is InChI=1S/C7H10N8O/c8-5-12-6(10-1-2-16)14-7(13-5)15-4-9-3-11-15/h3-4,16H,1-2H2,(H3,8,10,12,13,14). The second-order valence-corrected chi connectivity index (χ2v) is 2.81. The zero-order valence-corrected chi connectivity index (χ0v) is 8.28. The molecule has 0 aliphatic heterocycles. The van der Waals surface area contributed by atoms with E-state index < -0.39 is 0 Å². The second-order valence-electron chi connectivity index (χ2n) is 2.81. The Bertz CT molecular complexity index is 455. The lowest BCUT2D eigenvalue weighted by atomic mass is 10.7. The molecule has 16 heavy (non-hydrogen) atoms. The van der Waals surface area contributed by atoms with Gasteiger partial charge in [0.1, 0.15) is 12.7 Å². The molecule has 0 bridgehead atoms. The Hall–Kier alpha value is -2.29. The smallest absolute Gasteiger partial charge is 0.258 e. The Morgan fingerprint density at radius 1 is 1.38 bits per heavy atom. The monoisotopic (exact) mass is 222 g/mol. The largest absolute Gasteiger partial charge is 0.395 e. The van der Waals surface area contributed by atoms with Gasteiger partial charge in [-0.2, -0.15) is 24.7 Å². The van der Waals surface area contributed by atoms with Crippen molar-refractivity contribution in [3.05, 3.63) is 12.7 Å². The number of hydrogen-bond acceptors (Lipinski definition) is 8. The number of aliphatic hydroxyl groups is 1. The fourth-order valence-electron chi connectivity index (χ4n) is 1.04. The van der Waals surface area contributed by atoms with Crippen LogP contribution in [0.25, 0.3) is 5.95 Å². The summed E-state index contributed by atoms with van der Waals surface area (Å²) in [5, 5.41) is 15.3. The van der Waals surface area contributed by atoms with E-state index in [-0.39, 0.29) is 24.5 Å². The lowest BCUT2D eigenvalue weighted by Crippen LogP contribution is -2.13. The third kappa shape index (κ3) is 2.20. The van der Waals surface area contributed by atoms with Gasteiger partial charge in [-0.15, -0.1) is 0 Å². The minimum absolute atomic E-state index is 0.0236. The Labute approximate surface area is 90.4 Å². The van der Waals surface area contributed by atoms with E-state index in [4.69, 9.17) is 10.8 Å². The van der Waals surface area contributed by atoms with Crippen LogP contribution in [0.5, 0.6) is 0 Å². The SMILES string of the molecule is Nc1nc(NCCO)nc(-n2cncn2)n1. The van der Waals surface area contributed by atoms with Crippen molar-refractivity contribution in [3.63, 3.8) is 0 Å². The molecule has 0 unspecified atom stereocenters. The van der Waals surface area contributed by atoms with Crippen LogP contribution in [0.2, 0.25) is 0 Å². The van der Waals surface area contributed by atoms with Gasteiger partial charge in [0.05, 0.1) is 6.61 Å². The van der Waals surface area contributed by atoms with E-state index >= 15 is 0 Å². The van der Waals surface area contributed by atoms with E-state index in [1.54, 1.807) is 0 Å². The molecule has 0 saturated carbocycles. The van der Waals surface area contributed by atoms with Gasteiger partial charge in [0.25, 0.3) is 5.95 Å². The average molecular weight is 222 g/mol. The molecule has 0 aliphatic carbocycles. The zero-order valence-electron chi connectivity index (χ0n) is 8.28. The van der Waals surface area contributed by atoms with Gasteiger partial charge in [0, 0.05) is 6.54 Å². The van der Waals surface area contributed by atoms with Crippen LogP contribution in [0, 0.1) is 0 Å². The van der Waals surface area contributed by atoms with Crippen LogP contribution in [0.3, 0.4) is 0 Å². The number of nitrogen functional groups attached to an aromatic ring is 1. The minimum atomic E-state index is -0.0236. The quantitative estimate of drug-likeness (QED) is 0.566. The fraction of sp³-hybridized carbons (Fsp3) is 0.286. The van der Waals surface area contributed by atoms with Crippen molar-refractivity contribution in [2.45, 2.75) is 0 Å². The Kier molecular flexibility index (Phi) is 2.87. The predicted octanol–water partition coefficient (Wildman–Crippen LogP) is -1.56. The van der Waals surface area contributed by atoms with Crippen LogP contribution < -0.4 is 11.1 Å². The summed E-state index contributed by atoms with van der Waals surface area (Å²) in [6.07, 6.45) is 2.81. The Balaban J connectivity index is 2.29. The molecule has 0 spiro atoms. The molecule has 0 atom stereocenters. The third-order valence-electron chi connectivity index (χ3n) is 1.66. The average Bonchev–Trinajstić information content (AvgIpc) is 2.79. The molecule has 0 aliphatic rings. The third-order valence-corrected chi connectivity index (χ3v) is 1.66. The van der Waals surface area contributed by atoms with Crippen molar-refractivity contribution in [1.29, 1.82) is 0 Å². The molecule has 9 heteroatoms. The highest BCUT2D eigenvalue weighted by Crippen LogP contribution is 2.04. The first-order chi connectivity index (χ1) is 7.79. The number of nitrogens with two attached hydrogens (primary N) is 1. The van der Waals surface area contributed by atoms with Crippen molar-refractivity contribution in [1.82, 2.24) is 29.7 Å². The minimum Gasteiger partial charge on any atom is -0.395 e. The van der Waals surface area contributed by atoms with Crippen molar-refractivity contribution >= 4 is 11.9 Å². The van der Waals surface area contributed by atoms with Gasteiger partial charge >= 0.3 is 0 Å². The van der Waals surface area contributed by atoms with Crippen LogP contribution >= 0.6 is 0 Å². The number of aromatic nitrogens is 6. The van der Waals surface area contributed by atoms with Gasteiger partial charge in [-0.3, -0.25) is 0 Å². The van der Waals surface area contributed by atoms with Crippen LogP contribution in [0.1, 0.15) is 0 Å². The summed E-state index contributed by atoms with van der Waals surface area (Å²) in [7, 11) is 0. The fourth-order valence-corrected chi connectivity index (χ4v) is 1.04. The molecule has 4 N–H and O–H groups in total. The number of aliphatic hydroxyl groups excluding tert-OH is 1. The Morgan fingerprint density at radius 3 is 2.94 bits per heavy atom. The van der Waals surface area contributed by atoms with Crippen LogP contribution in [-0.2, 0) is 0 Å². The van der Waals surface area contributed by atoms with E-state index in [0.717, 1.165) is 0 Å². The molecule has 0 aromatic carbocycles. The summed E-state index contributed by atoms with van der Waals surface area (Å²) in [5.74, 6) is 0.624. The summed E-state index contributed by atoms with van der Waals surface area (Å²) in [6, 6.07) is 0. The highest BCUT2D eigenvalue weighted by molar-refractivity contribution is 5.34. The van der Waals surface area contributed by atoms with E-state index in [9.17, 15) is 0 Å². The van der Waals surface area contributed by atoms with E-state index in [1.165, 1.54) is 17.3 Å². The molecule has 0 fully saturated rings. The molecule has 2 rings (SSSR count). The van der Waals surface area contributed by atoms with Crippen molar-refractivity contribution in [2.75, 3.05) is 24.2 Å². The topological polar surface area (TPSA) is 128 Å². The van der Waals surface area contributed by atoms with Crippen LogP contribution in [0.4, 0.5) is 11.9 Å². The molecule has 0 amide bonds.